The van der Waals surface area contributed by atoms with Crippen molar-refractivity contribution >= 4 is 28.1 Å². The first-order valence-corrected chi connectivity index (χ1v) is 9.68. The summed E-state index contributed by atoms with van der Waals surface area (Å²) in [5.74, 6) is 0.657. The third-order valence-electron chi connectivity index (χ3n) is 4.31. The molecular formula is C20H29N3OS. The summed E-state index contributed by atoms with van der Waals surface area (Å²) in [5, 5.41) is 2.79. The van der Waals surface area contributed by atoms with Gasteiger partial charge in [-0.1, -0.05) is 31.5 Å². The molecule has 1 amide bonds. The summed E-state index contributed by atoms with van der Waals surface area (Å²) in [6, 6.07) is 8.47. The number of hydrogen-bond donors (Lipinski definition) is 0. The highest BCUT2D eigenvalue weighted by Crippen LogP contribution is 2.29. The van der Waals surface area contributed by atoms with Crippen LogP contribution in [0, 0.1) is 12.8 Å². The maximum atomic E-state index is 12.2. The number of hydrogen-bond acceptors (Lipinski definition) is 4. The van der Waals surface area contributed by atoms with E-state index in [4.69, 9.17) is 4.98 Å². The Morgan fingerprint density at radius 2 is 1.84 bits per heavy atom. The van der Waals surface area contributed by atoms with Gasteiger partial charge in [-0.05, 0) is 45.4 Å². The van der Waals surface area contributed by atoms with Crippen LogP contribution < -0.4 is 4.90 Å². The second-order valence-corrected chi connectivity index (χ2v) is 8.04. The molecule has 2 rings (SSSR count). The molecule has 1 atom stereocenters. The molecule has 0 aliphatic heterocycles. The lowest BCUT2D eigenvalue weighted by Crippen LogP contribution is -2.30. The summed E-state index contributed by atoms with van der Waals surface area (Å²) in [7, 11) is 2.13. The monoisotopic (exact) mass is 359 g/mol. The van der Waals surface area contributed by atoms with Crippen LogP contribution in [0.3, 0.4) is 0 Å². The van der Waals surface area contributed by atoms with Gasteiger partial charge in [-0.25, -0.2) is 4.98 Å². The van der Waals surface area contributed by atoms with E-state index in [-0.39, 0.29) is 5.91 Å². The number of amides is 1. The Hall–Kier alpha value is -1.72. The first-order valence-electron chi connectivity index (χ1n) is 8.80. The number of aromatic nitrogens is 1. The molecule has 1 heterocycles. The van der Waals surface area contributed by atoms with Gasteiger partial charge in [0.1, 0.15) is 0 Å². The Morgan fingerprint density at radius 1 is 1.20 bits per heavy atom. The number of thiazole rings is 1. The summed E-state index contributed by atoms with van der Waals surface area (Å²) >= 11 is 1.52. The molecule has 2 aromatic rings. The zero-order valence-electron chi connectivity index (χ0n) is 16.1. The maximum absolute atomic E-state index is 12.2. The zero-order chi connectivity index (χ0) is 18.6. The lowest BCUT2D eigenvalue weighted by atomic mass is 10.0. The number of carbonyl (C=O) groups is 1. The van der Waals surface area contributed by atoms with Crippen LogP contribution in [0.15, 0.2) is 29.6 Å². The standard InChI is InChI=1S/C20H29N3OS/c1-14(2)11-16(4)22(6)12-18-13-25-20(21-18)23(17(5)24)19-9-7-15(3)8-10-19/h7-10,13-14,16H,11-12H2,1-6H3. The molecule has 4 nitrogen and oxygen atoms in total. The van der Waals surface area contributed by atoms with E-state index in [2.05, 4.69) is 38.1 Å². The Kier molecular flexibility index (Phi) is 6.73. The summed E-state index contributed by atoms with van der Waals surface area (Å²) in [5.41, 5.74) is 3.05. The molecule has 136 valence electrons. The number of aryl methyl sites for hydroxylation is 1. The molecule has 1 unspecified atom stereocenters. The van der Waals surface area contributed by atoms with Gasteiger partial charge in [0, 0.05) is 24.9 Å². The third-order valence-corrected chi connectivity index (χ3v) is 5.19. The van der Waals surface area contributed by atoms with Gasteiger partial charge < -0.3 is 0 Å². The fraction of sp³-hybridized carbons (Fsp3) is 0.500. The number of rotatable bonds is 7. The minimum Gasteiger partial charge on any atom is -0.298 e. The van der Waals surface area contributed by atoms with E-state index >= 15 is 0 Å². The van der Waals surface area contributed by atoms with Crippen molar-refractivity contribution < 1.29 is 4.79 Å². The molecule has 0 aliphatic rings. The summed E-state index contributed by atoms with van der Waals surface area (Å²) in [6.45, 7) is 11.2. The first-order chi connectivity index (χ1) is 11.8. The van der Waals surface area contributed by atoms with Crippen molar-refractivity contribution in [3.05, 3.63) is 40.9 Å². The number of carbonyl (C=O) groups excluding carboxylic acids is 1. The van der Waals surface area contributed by atoms with Gasteiger partial charge in [-0.15, -0.1) is 11.3 Å². The molecule has 5 heteroatoms. The predicted molar refractivity (Wildman–Crippen MR) is 106 cm³/mol. The second kappa shape index (κ2) is 8.59. The van der Waals surface area contributed by atoms with Gasteiger partial charge in [0.25, 0.3) is 0 Å². The Morgan fingerprint density at radius 3 is 2.40 bits per heavy atom. The van der Waals surface area contributed by atoms with Gasteiger partial charge in [-0.2, -0.15) is 0 Å². The van der Waals surface area contributed by atoms with Crippen molar-refractivity contribution in [3.8, 4) is 0 Å². The largest absolute Gasteiger partial charge is 0.298 e. The van der Waals surface area contributed by atoms with Crippen LogP contribution in [0.2, 0.25) is 0 Å². The van der Waals surface area contributed by atoms with E-state index in [0.717, 1.165) is 29.5 Å². The number of nitrogens with zero attached hydrogens (tertiary/aromatic N) is 3. The molecule has 0 N–H and O–H groups in total. The van der Waals surface area contributed by atoms with Gasteiger partial charge in [-0.3, -0.25) is 14.6 Å². The van der Waals surface area contributed by atoms with Gasteiger partial charge in [0.05, 0.1) is 11.4 Å². The highest BCUT2D eigenvalue weighted by Gasteiger charge is 2.19. The van der Waals surface area contributed by atoms with E-state index in [0.29, 0.717) is 12.0 Å². The molecule has 0 radical (unpaired) electrons. The molecule has 0 saturated heterocycles. The molecule has 25 heavy (non-hydrogen) atoms. The van der Waals surface area contributed by atoms with Gasteiger partial charge in [0.15, 0.2) is 5.13 Å². The van der Waals surface area contributed by atoms with Crippen molar-refractivity contribution in [2.45, 2.75) is 53.6 Å². The van der Waals surface area contributed by atoms with Crippen LogP contribution >= 0.6 is 11.3 Å². The average Bonchev–Trinajstić information content (AvgIpc) is 2.96. The van der Waals surface area contributed by atoms with Crippen LogP contribution in [0.25, 0.3) is 0 Å². The SMILES string of the molecule is CC(=O)N(c1ccc(C)cc1)c1nc(CN(C)C(C)CC(C)C)cs1. The van der Waals surface area contributed by atoms with Crippen molar-refractivity contribution in [1.29, 1.82) is 0 Å². The fourth-order valence-electron chi connectivity index (χ4n) is 2.87. The van der Waals surface area contributed by atoms with E-state index in [1.807, 2.05) is 31.2 Å². The molecule has 0 spiro atoms. The van der Waals surface area contributed by atoms with Gasteiger partial charge >= 0.3 is 0 Å². The van der Waals surface area contributed by atoms with E-state index in [9.17, 15) is 4.79 Å². The minimum absolute atomic E-state index is 0.0220. The predicted octanol–water partition coefficient (Wildman–Crippen LogP) is 5.00. The van der Waals surface area contributed by atoms with E-state index in [1.165, 1.54) is 16.9 Å². The lowest BCUT2D eigenvalue weighted by Gasteiger charge is -2.25. The number of anilines is 2. The lowest BCUT2D eigenvalue weighted by molar-refractivity contribution is -0.115. The maximum Gasteiger partial charge on any atom is 0.230 e. The molecule has 0 bridgehead atoms. The molecular weight excluding hydrogens is 330 g/mol. The molecule has 1 aromatic heterocycles. The minimum atomic E-state index is -0.0220. The van der Waals surface area contributed by atoms with E-state index in [1.54, 1.807) is 11.8 Å². The highest BCUT2D eigenvalue weighted by atomic mass is 32.1. The Labute approximate surface area is 155 Å². The number of benzene rings is 1. The topological polar surface area (TPSA) is 36.4 Å². The molecule has 0 fully saturated rings. The van der Waals surface area contributed by atoms with Crippen molar-refractivity contribution in [2.24, 2.45) is 5.92 Å². The summed E-state index contributed by atoms with van der Waals surface area (Å²) < 4.78 is 0. The van der Waals surface area contributed by atoms with Crippen LogP contribution in [-0.2, 0) is 11.3 Å². The van der Waals surface area contributed by atoms with Crippen molar-refractivity contribution in [2.75, 3.05) is 11.9 Å². The zero-order valence-corrected chi connectivity index (χ0v) is 16.9. The molecule has 0 aliphatic carbocycles. The highest BCUT2D eigenvalue weighted by molar-refractivity contribution is 7.14. The normalized spacial score (nSPS) is 12.6. The van der Waals surface area contributed by atoms with Crippen LogP contribution in [0.5, 0.6) is 0 Å². The van der Waals surface area contributed by atoms with Crippen molar-refractivity contribution in [3.63, 3.8) is 0 Å². The Balaban J connectivity index is 2.14. The van der Waals surface area contributed by atoms with Crippen LogP contribution in [0.4, 0.5) is 10.8 Å². The Bertz CT molecular complexity index is 693. The average molecular weight is 360 g/mol. The van der Waals surface area contributed by atoms with Crippen LogP contribution in [-0.4, -0.2) is 28.9 Å². The first kappa shape index (κ1) is 19.6. The van der Waals surface area contributed by atoms with Crippen LogP contribution in [0.1, 0.15) is 45.4 Å². The summed E-state index contributed by atoms with van der Waals surface area (Å²) in [4.78, 5) is 20.9. The second-order valence-electron chi connectivity index (χ2n) is 7.21. The molecule has 0 saturated carbocycles. The smallest absolute Gasteiger partial charge is 0.230 e. The van der Waals surface area contributed by atoms with E-state index < -0.39 is 0 Å². The summed E-state index contributed by atoms with van der Waals surface area (Å²) in [6.07, 6.45) is 1.16. The third kappa shape index (κ3) is 5.38. The quantitative estimate of drug-likeness (QED) is 0.698. The fourth-order valence-corrected chi connectivity index (χ4v) is 3.74. The van der Waals surface area contributed by atoms with Crippen molar-refractivity contribution in [1.82, 2.24) is 9.88 Å². The molecule has 1 aromatic carbocycles. The van der Waals surface area contributed by atoms with Gasteiger partial charge in [0.2, 0.25) is 5.91 Å².